The van der Waals surface area contributed by atoms with Crippen molar-refractivity contribution in [2.45, 2.75) is 6.92 Å². The van der Waals surface area contributed by atoms with Gasteiger partial charge in [0, 0.05) is 5.02 Å². The highest BCUT2D eigenvalue weighted by molar-refractivity contribution is 9.47. The first-order valence-electron chi connectivity index (χ1n) is 2.96. The summed E-state index contributed by atoms with van der Waals surface area (Å²) in [6, 6.07) is 8.41. The molecule has 0 atom stereocenters. The molecule has 1 aromatic rings. The molecular formula is C7H6Br2ClMg. The molecule has 1 rings (SSSR count). The van der Waals surface area contributed by atoms with E-state index in [2.05, 4.69) is 31.8 Å². The van der Waals surface area contributed by atoms with Gasteiger partial charge in [-0.05, 0) is 24.6 Å². The van der Waals surface area contributed by atoms with E-state index in [1.807, 2.05) is 19.1 Å². The lowest BCUT2D eigenvalue weighted by molar-refractivity contribution is 1.47. The van der Waals surface area contributed by atoms with E-state index in [1.165, 1.54) is 0 Å². The van der Waals surface area contributed by atoms with Crippen molar-refractivity contribution in [1.29, 1.82) is 0 Å². The summed E-state index contributed by atoms with van der Waals surface area (Å²) >= 11 is 12.1. The van der Waals surface area contributed by atoms with Crippen molar-refractivity contribution >= 4 is 53.4 Å². The van der Waals surface area contributed by atoms with Gasteiger partial charge >= 0.3 is 16.0 Å². The van der Waals surface area contributed by atoms with Crippen LogP contribution in [0.4, 0.5) is 0 Å². The first kappa shape index (κ1) is 12.2. The normalized spacial score (nSPS) is 7.64. The fourth-order valence-corrected chi connectivity index (χ4v) is 0.614. The largest absolute Gasteiger partial charge is 0.560 e. The maximum atomic E-state index is 5.68. The number of hydrogen-bond donors (Lipinski definition) is 0. The molecule has 0 N–H and O–H groups in total. The third-order valence-corrected chi connectivity index (χ3v) is 1.42. The van der Waals surface area contributed by atoms with Gasteiger partial charge in [0.25, 0.3) is 0 Å². The molecule has 0 heterocycles. The second-order valence-corrected chi connectivity index (χ2v) is 10.3. The summed E-state index contributed by atoms with van der Waals surface area (Å²) in [6.07, 6.45) is 0. The van der Waals surface area contributed by atoms with Crippen molar-refractivity contribution in [3.05, 3.63) is 34.9 Å². The van der Waals surface area contributed by atoms with Gasteiger partial charge in [-0.2, -0.15) is 0 Å². The lowest BCUT2D eigenvalue weighted by atomic mass is 10.2. The van der Waals surface area contributed by atoms with Crippen LogP contribution in [0.15, 0.2) is 18.2 Å². The van der Waals surface area contributed by atoms with E-state index in [0.717, 1.165) is 10.6 Å². The van der Waals surface area contributed by atoms with Crippen LogP contribution in [-0.2, 0) is 0 Å². The van der Waals surface area contributed by atoms with Gasteiger partial charge in [-0.1, -0.05) is 23.7 Å². The predicted molar refractivity (Wildman–Crippen MR) is 58.6 cm³/mol. The van der Waals surface area contributed by atoms with Gasteiger partial charge in [0.05, 0.1) is 0 Å². The van der Waals surface area contributed by atoms with Gasteiger partial charge in [-0.15, -0.1) is 0 Å². The SMILES string of the molecule is Cc1cc[c]cc1Cl.[Br][Mg][Br]. The summed E-state index contributed by atoms with van der Waals surface area (Å²) in [6.45, 7) is 1.97. The molecule has 0 spiro atoms. The van der Waals surface area contributed by atoms with Crippen molar-refractivity contribution in [2.24, 2.45) is 0 Å². The smallest absolute Gasteiger partial charge is 0.280 e. The number of halogens is 3. The minimum Gasteiger partial charge on any atom is -0.280 e. The van der Waals surface area contributed by atoms with Crippen LogP contribution in [0.3, 0.4) is 0 Å². The zero-order valence-corrected chi connectivity index (χ0v) is 11.4. The van der Waals surface area contributed by atoms with Crippen LogP contribution in [0.25, 0.3) is 0 Å². The van der Waals surface area contributed by atoms with E-state index in [1.54, 1.807) is 6.07 Å². The minimum atomic E-state index is 0.0417. The van der Waals surface area contributed by atoms with Crippen LogP contribution in [-0.4, -0.2) is 16.0 Å². The molecule has 1 radical (unpaired) electrons. The van der Waals surface area contributed by atoms with E-state index < -0.39 is 0 Å². The topological polar surface area (TPSA) is 0 Å². The molecule has 4 heteroatoms. The second kappa shape index (κ2) is 7.86. The molecule has 0 unspecified atom stereocenters. The number of hydrogen-bond acceptors (Lipinski definition) is 0. The van der Waals surface area contributed by atoms with E-state index in [0.29, 0.717) is 0 Å². The Morgan fingerprint density at radius 3 is 2.36 bits per heavy atom. The molecule has 0 fully saturated rings. The molecule has 0 aliphatic carbocycles. The van der Waals surface area contributed by atoms with Gasteiger partial charge in [0.2, 0.25) is 0 Å². The number of benzene rings is 1. The van der Waals surface area contributed by atoms with Crippen molar-refractivity contribution < 1.29 is 0 Å². The average Bonchev–Trinajstić information content (AvgIpc) is 1.97. The molecule has 0 aliphatic rings. The van der Waals surface area contributed by atoms with Crippen LogP contribution in [0.5, 0.6) is 0 Å². The average molecular weight is 310 g/mol. The van der Waals surface area contributed by atoms with Crippen LogP contribution in [0.1, 0.15) is 5.56 Å². The molecule has 57 valence electrons. The van der Waals surface area contributed by atoms with Crippen molar-refractivity contribution in [1.82, 2.24) is 0 Å². The van der Waals surface area contributed by atoms with Gasteiger partial charge < -0.3 is 0 Å². The molecular weight excluding hydrogens is 304 g/mol. The van der Waals surface area contributed by atoms with E-state index >= 15 is 0 Å². The number of rotatable bonds is 0. The molecule has 0 aromatic heterocycles. The quantitative estimate of drug-likeness (QED) is 0.640. The van der Waals surface area contributed by atoms with Gasteiger partial charge in [0.15, 0.2) is 0 Å². The monoisotopic (exact) mass is 307 g/mol. The van der Waals surface area contributed by atoms with Crippen molar-refractivity contribution in [2.75, 3.05) is 0 Å². The molecule has 0 nitrogen and oxygen atoms in total. The molecule has 0 amide bonds. The lowest BCUT2D eigenvalue weighted by Crippen LogP contribution is -1.69. The van der Waals surface area contributed by atoms with Crippen LogP contribution >= 0.6 is 37.4 Å². The summed E-state index contributed by atoms with van der Waals surface area (Å²) < 4.78 is 0. The molecule has 0 aliphatic heterocycles. The molecule has 1 aromatic carbocycles. The zero-order chi connectivity index (χ0) is 8.69. The Kier molecular flexibility index (Phi) is 8.75. The summed E-state index contributed by atoms with van der Waals surface area (Å²) in [7, 11) is 0. The third kappa shape index (κ3) is 6.40. The Morgan fingerprint density at radius 1 is 1.55 bits per heavy atom. The molecule has 0 bridgehead atoms. The fraction of sp³-hybridized carbons (Fsp3) is 0.143. The molecule has 11 heavy (non-hydrogen) atoms. The summed E-state index contributed by atoms with van der Waals surface area (Å²) in [5.74, 6) is 0. The van der Waals surface area contributed by atoms with E-state index in [-0.39, 0.29) is 16.0 Å². The van der Waals surface area contributed by atoms with Gasteiger partial charge in [-0.3, -0.25) is 25.8 Å². The predicted octanol–water partition coefficient (Wildman–Crippen LogP) is 3.76. The van der Waals surface area contributed by atoms with E-state index in [4.69, 9.17) is 11.6 Å². The second-order valence-electron chi connectivity index (χ2n) is 1.78. The Balaban J connectivity index is 0.000000292. The third-order valence-electron chi connectivity index (χ3n) is 1.02. The minimum absolute atomic E-state index is 0.0417. The highest BCUT2D eigenvalue weighted by Gasteiger charge is 1.86. The molecule has 0 saturated carbocycles. The van der Waals surface area contributed by atoms with Crippen molar-refractivity contribution in [3.63, 3.8) is 0 Å². The Hall–Kier alpha value is 1.24. The maximum absolute atomic E-state index is 5.68. The van der Waals surface area contributed by atoms with Crippen LogP contribution < -0.4 is 0 Å². The molecule has 0 saturated heterocycles. The summed E-state index contributed by atoms with van der Waals surface area (Å²) in [4.78, 5) is 0. The van der Waals surface area contributed by atoms with Gasteiger partial charge in [-0.25, -0.2) is 0 Å². The van der Waals surface area contributed by atoms with Crippen LogP contribution in [0, 0.1) is 13.0 Å². The first-order chi connectivity index (χ1) is 5.22. The maximum Gasteiger partial charge on any atom is 0.560 e. The van der Waals surface area contributed by atoms with Crippen LogP contribution in [0.2, 0.25) is 5.02 Å². The summed E-state index contributed by atoms with van der Waals surface area (Å²) in [5.41, 5.74) is 1.10. The number of aryl methyl sites for hydroxylation is 1. The Morgan fingerprint density at radius 2 is 2.09 bits per heavy atom. The van der Waals surface area contributed by atoms with E-state index in [9.17, 15) is 0 Å². The standard InChI is InChI=1S/C7H6Cl.2BrH.Mg/c1-6-4-2-3-5-7(6)8;;;/h2,4-5H,1H3;2*1H;/q;;;+2/p-2. The highest BCUT2D eigenvalue weighted by Crippen LogP contribution is 2.11. The Labute approximate surface area is 94.2 Å². The summed E-state index contributed by atoms with van der Waals surface area (Å²) in [5, 5.41) is 0.785. The Bertz CT molecular complexity index is 184. The van der Waals surface area contributed by atoms with Gasteiger partial charge in [0.1, 0.15) is 0 Å². The first-order valence-corrected chi connectivity index (χ1v) is 11.1. The highest BCUT2D eigenvalue weighted by atomic mass is 79.9. The lowest BCUT2D eigenvalue weighted by Gasteiger charge is -1.90. The van der Waals surface area contributed by atoms with Crippen molar-refractivity contribution in [3.8, 4) is 0 Å². The zero-order valence-electron chi connectivity index (χ0n) is 6.07. The fourth-order valence-electron chi connectivity index (χ4n) is 0.488.